The average Bonchev–Trinajstić information content (AvgIpc) is 2.78. The van der Waals surface area contributed by atoms with Crippen molar-refractivity contribution in [2.45, 2.75) is 12.8 Å². The Labute approximate surface area is 173 Å². The first-order valence-electron chi connectivity index (χ1n) is 9.47. The Morgan fingerprint density at radius 1 is 1.07 bits per heavy atom. The fourth-order valence-electron chi connectivity index (χ4n) is 3.06. The number of nitrogens with one attached hydrogen (secondary N) is 1. The van der Waals surface area contributed by atoms with Gasteiger partial charge in [0.15, 0.2) is 23.0 Å². The molecule has 0 radical (unpaired) electrons. The van der Waals surface area contributed by atoms with Crippen LogP contribution >= 0.6 is 0 Å². The van der Waals surface area contributed by atoms with E-state index in [9.17, 15) is 9.90 Å². The number of aryl methyl sites for hydroxylation is 1. The van der Waals surface area contributed by atoms with E-state index < -0.39 is 0 Å². The van der Waals surface area contributed by atoms with E-state index in [0.29, 0.717) is 41.3 Å². The highest BCUT2D eigenvalue weighted by molar-refractivity contribution is 5.90. The van der Waals surface area contributed by atoms with E-state index >= 15 is 0 Å². The summed E-state index contributed by atoms with van der Waals surface area (Å²) in [6, 6.07) is 18.5. The van der Waals surface area contributed by atoms with Crippen LogP contribution in [-0.4, -0.2) is 33.1 Å². The molecule has 0 atom stereocenters. The summed E-state index contributed by atoms with van der Waals surface area (Å²) in [5.74, 6) is 0.641. The summed E-state index contributed by atoms with van der Waals surface area (Å²) in [6.45, 7) is 0. The van der Waals surface area contributed by atoms with Gasteiger partial charge in [0.2, 0.25) is 5.91 Å². The van der Waals surface area contributed by atoms with Gasteiger partial charge in [0.05, 0.1) is 19.0 Å². The van der Waals surface area contributed by atoms with Gasteiger partial charge in [-0.05, 0) is 42.3 Å². The van der Waals surface area contributed by atoms with Crippen molar-refractivity contribution >= 4 is 22.9 Å². The Bertz CT molecular complexity index is 1200. The molecule has 0 aliphatic heterocycles. The largest absolute Gasteiger partial charge is 0.504 e. The molecule has 30 heavy (non-hydrogen) atoms. The summed E-state index contributed by atoms with van der Waals surface area (Å²) in [5, 5.41) is 12.6. The third kappa shape index (κ3) is 4.35. The molecule has 2 aromatic heterocycles. The van der Waals surface area contributed by atoms with E-state index in [4.69, 9.17) is 4.74 Å². The number of anilines is 1. The molecule has 7 nitrogen and oxygen atoms in total. The molecule has 0 bridgehead atoms. The summed E-state index contributed by atoms with van der Waals surface area (Å²) < 4.78 is 5.16. The molecule has 0 aliphatic carbocycles. The van der Waals surface area contributed by atoms with Gasteiger partial charge in [0.25, 0.3) is 0 Å². The lowest BCUT2D eigenvalue weighted by atomic mass is 10.1. The second-order valence-corrected chi connectivity index (χ2v) is 6.71. The maximum Gasteiger partial charge on any atom is 0.225 e. The number of hydrogen-bond acceptors (Lipinski definition) is 6. The Balaban J connectivity index is 1.52. The Morgan fingerprint density at radius 3 is 2.70 bits per heavy atom. The molecule has 4 rings (SSSR count). The zero-order valence-corrected chi connectivity index (χ0v) is 16.4. The lowest BCUT2D eigenvalue weighted by molar-refractivity contribution is -0.116. The number of nitrogens with zero attached hydrogens (tertiary/aromatic N) is 3. The van der Waals surface area contributed by atoms with Gasteiger partial charge >= 0.3 is 0 Å². The summed E-state index contributed by atoms with van der Waals surface area (Å²) in [7, 11) is 1.49. The molecule has 0 aliphatic rings. The second-order valence-electron chi connectivity index (χ2n) is 6.71. The monoisotopic (exact) mass is 400 g/mol. The third-order valence-electron chi connectivity index (χ3n) is 4.63. The van der Waals surface area contributed by atoms with Crippen molar-refractivity contribution in [2.75, 3.05) is 12.4 Å². The third-order valence-corrected chi connectivity index (χ3v) is 4.63. The topological polar surface area (TPSA) is 97.2 Å². The van der Waals surface area contributed by atoms with Crippen LogP contribution in [0.25, 0.3) is 22.4 Å². The van der Waals surface area contributed by atoms with Gasteiger partial charge in [0, 0.05) is 12.0 Å². The van der Waals surface area contributed by atoms with E-state index in [1.165, 1.54) is 13.3 Å². The van der Waals surface area contributed by atoms with Crippen LogP contribution in [0.3, 0.4) is 0 Å². The lowest BCUT2D eigenvalue weighted by Gasteiger charge is -2.08. The fraction of sp³-hybridized carbons (Fsp3) is 0.130. The van der Waals surface area contributed by atoms with Gasteiger partial charge in [0.1, 0.15) is 5.52 Å². The zero-order valence-electron chi connectivity index (χ0n) is 16.4. The SMILES string of the molecule is COc1cc(-c2ccc3ncc(NC(=O)CCc4ccccc4)nc3n2)ccc1O. The number of benzene rings is 2. The van der Waals surface area contributed by atoms with Crippen LogP contribution < -0.4 is 10.1 Å². The van der Waals surface area contributed by atoms with Gasteiger partial charge < -0.3 is 15.2 Å². The van der Waals surface area contributed by atoms with Crippen LogP contribution in [0.2, 0.25) is 0 Å². The van der Waals surface area contributed by atoms with Gasteiger partial charge in [-0.15, -0.1) is 0 Å². The molecule has 1 amide bonds. The minimum Gasteiger partial charge on any atom is -0.504 e. The second kappa shape index (κ2) is 8.57. The predicted octanol–water partition coefficient (Wildman–Crippen LogP) is 3.98. The minimum absolute atomic E-state index is 0.0577. The number of carbonyl (C=O) groups excluding carboxylic acids is 1. The molecule has 0 fully saturated rings. The molecule has 150 valence electrons. The number of rotatable bonds is 6. The summed E-state index contributed by atoms with van der Waals surface area (Å²) >= 11 is 0. The van der Waals surface area contributed by atoms with Crippen molar-refractivity contribution in [2.24, 2.45) is 0 Å². The smallest absolute Gasteiger partial charge is 0.225 e. The van der Waals surface area contributed by atoms with Crippen LogP contribution in [0.15, 0.2) is 66.9 Å². The minimum atomic E-state index is -0.132. The number of ether oxygens (including phenoxy) is 1. The Hall–Kier alpha value is -4.00. The number of hydrogen-bond donors (Lipinski definition) is 2. The highest BCUT2D eigenvalue weighted by Crippen LogP contribution is 2.31. The number of amides is 1. The maximum atomic E-state index is 12.3. The maximum absolute atomic E-state index is 12.3. The normalized spacial score (nSPS) is 10.7. The van der Waals surface area contributed by atoms with Crippen molar-refractivity contribution in [3.8, 4) is 22.8 Å². The van der Waals surface area contributed by atoms with Crippen molar-refractivity contribution in [3.63, 3.8) is 0 Å². The quantitative estimate of drug-likeness (QED) is 0.508. The molecule has 7 heteroatoms. The first-order valence-corrected chi connectivity index (χ1v) is 9.47. The molecule has 2 N–H and O–H groups in total. The van der Waals surface area contributed by atoms with Crippen LogP contribution in [0.4, 0.5) is 5.82 Å². The number of phenolic OH excluding ortho intramolecular Hbond substituents is 1. The van der Waals surface area contributed by atoms with Gasteiger partial charge in [-0.1, -0.05) is 30.3 Å². The number of phenols is 1. The summed E-state index contributed by atoms with van der Waals surface area (Å²) in [4.78, 5) is 25.6. The van der Waals surface area contributed by atoms with Gasteiger partial charge in [-0.2, -0.15) is 0 Å². The molecule has 4 aromatic rings. The van der Waals surface area contributed by atoms with E-state index in [1.807, 2.05) is 42.5 Å². The molecule has 2 heterocycles. The first kappa shape index (κ1) is 19.3. The molecule has 0 unspecified atom stereocenters. The van der Waals surface area contributed by atoms with Gasteiger partial charge in [-0.3, -0.25) is 4.79 Å². The molecular weight excluding hydrogens is 380 g/mol. The molecular formula is C23H20N4O3. The number of methoxy groups -OCH3 is 1. The molecule has 0 saturated heterocycles. The van der Waals surface area contributed by atoms with Crippen molar-refractivity contribution in [1.82, 2.24) is 15.0 Å². The van der Waals surface area contributed by atoms with E-state index in [2.05, 4.69) is 20.3 Å². The lowest BCUT2D eigenvalue weighted by Crippen LogP contribution is -2.13. The van der Waals surface area contributed by atoms with Crippen molar-refractivity contribution < 1.29 is 14.6 Å². The summed E-state index contributed by atoms with van der Waals surface area (Å²) in [5.41, 5.74) is 3.56. The van der Waals surface area contributed by atoms with Crippen molar-refractivity contribution in [1.29, 1.82) is 0 Å². The predicted molar refractivity (Wildman–Crippen MR) is 114 cm³/mol. The van der Waals surface area contributed by atoms with E-state index in [0.717, 1.165) is 11.1 Å². The van der Waals surface area contributed by atoms with Crippen molar-refractivity contribution in [3.05, 3.63) is 72.4 Å². The first-order chi connectivity index (χ1) is 14.6. The Morgan fingerprint density at radius 2 is 1.90 bits per heavy atom. The standard InChI is InChI=1S/C23H20N4O3/c1-30-20-13-16(8-11-19(20)28)17-9-10-18-23(25-17)27-21(14-24-18)26-22(29)12-7-15-5-3-2-4-6-15/h2-6,8-11,13-14,28H,7,12H2,1H3,(H,25,26,27,29). The van der Waals surface area contributed by atoms with Crippen LogP contribution in [0, 0.1) is 0 Å². The molecule has 0 spiro atoms. The average molecular weight is 400 g/mol. The van der Waals surface area contributed by atoms with E-state index in [-0.39, 0.29) is 11.7 Å². The number of fused-ring (bicyclic) bond motifs is 1. The number of pyridine rings is 1. The van der Waals surface area contributed by atoms with Crippen LogP contribution in [-0.2, 0) is 11.2 Å². The van der Waals surface area contributed by atoms with Crippen LogP contribution in [0.1, 0.15) is 12.0 Å². The fourth-order valence-corrected chi connectivity index (χ4v) is 3.06. The Kier molecular flexibility index (Phi) is 5.52. The number of aromatic hydroxyl groups is 1. The summed E-state index contributed by atoms with van der Waals surface area (Å²) in [6.07, 6.45) is 2.52. The zero-order chi connectivity index (χ0) is 20.9. The highest BCUT2D eigenvalue weighted by atomic mass is 16.5. The van der Waals surface area contributed by atoms with Gasteiger partial charge in [-0.25, -0.2) is 15.0 Å². The number of aromatic nitrogens is 3. The van der Waals surface area contributed by atoms with Crippen LogP contribution in [0.5, 0.6) is 11.5 Å². The highest BCUT2D eigenvalue weighted by Gasteiger charge is 2.10. The van der Waals surface area contributed by atoms with E-state index in [1.54, 1.807) is 18.2 Å². The molecule has 2 aromatic carbocycles. The molecule has 0 saturated carbocycles. The number of carbonyl (C=O) groups is 1.